The van der Waals surface area contributed by atoms with Crippen LogP contribution in [0, 0.1) is 12.7 Å². The fraction of sp³-hybridized carbons (Fsp3) is 0.400. The third-order valence-electron chi connectivity index (χ3n) is 2.18. The predicted molar refractivity (Wildman–Crippen MR) is 62.6 cm³/mol. The van der Waals surface area contributed by atoms with E-state index < -0.39 is 15.8 Å². The Morgan fingerprint density at radius 1 is 1.47 bits per heavy atom. The monoisotopic (exact) mass is 262 g/mol. The third kappa shape index (κ3) is 3.39. The lowest BCUT2D eigenvalue weighted by Gasteiger charge is -2.10. The lowest BCUT2D eigenvalue weighted by atomic mass is 10.2. The van der Waals surface area contributed by atoms with Gasteiger partial charge < -0.3 is 10.5 Å². The molecule has 5 nitrogen and oxygen atoms in total. The van der Waals surface area contributed by atoms with E-state index in [0.29, 0.717) is 5.56 Å². The van der Waals surface area contributed by atoms with Crippen molar-refractivity contribution in [3.8, 4) is 0 Å². The standard InChI is InChI=1S/C10H15FN2O3S/c1-7-5-8(11)9(12)6-10(7)17(14,15)13-3-4-16-2/h5-6,13H,3-4,12H2,1-2H3. The molecule has 0 heterocycles. The van der Waals surface area contributed by atoms with E-state index in [0.717, 1.165) is 12.1 Å². The van der Waals surface area contributed by atoms with E-state index in [2.05, 4.69) is 4.72 Å². The summed E-state index contributed by atoms with van der Waals surface area (Å²) in [6.45, 7) is 1.91. The number of halogens is 1. The molecule has 0 fully saturated rings. The van der Waals surface area contributed by atoms with E-state index in [1.807, 2.05) is 0 Å². The van der Waals surface area contributed by atoms with Crippen LogP contribution in [0.4, 0.5) is 10.1 Å². The summed E-state index contributed by atoms with van der Waals surface area (Å²) < 4.78 is 43.9. The van der Waals surface area contributed by atoms with Crippen molar-refractivity contribution in [2.24, 2.45) is 0 Å². The molecule has 0 aromatic heterocycles. The number of hydrogen-bond donors (Lipinski definition) is 2. The maximum atomic E-state index is 13.1. The highest BCUT2D eigenvalue weighted by Gasteiger charge is 2.18. The van der Waals surface area contributed by atoms with Crippen molar-refractivity contribution in [1.82, 2.24) is 4.72 Å². The summed E-state index contributed by atoms with van der Waals surface area (Å²) in [6, 6.07) is 2.21. The molecule has 0 aliphatic rings. The number of nitrogens with two attached hydrogens (primary N) is 1. The van der Waals surface area contributed by atoms with Gasteiger partial charge in [-0.25, -0.2) is 17.5 Å². The van der Waals surface area contributed by atoms with Crippen LogP contribution in [-0.4, -0.2) is 28.7 Å². The van der Waals surface area contributed by atoms with E-state index in [4.69, 9.17) is 10.5 Å². The molecule has 7 heteroatoms. The first kappa shape index (κ1) is 13.9. The van der Waals surface area contributed by atoms with Crippen LogP contribution in [-0.2, 0) is 14.8 Å². The van der Waals surface area contributed by atoms with Gasteiger partial charge >= 0.3 is 0 Å². The molecule has 0 spiro atoms. The van der Waals surface area contributed by atoms with Gasteiger partial charge in [-0.2, -0.15) is 0 Å². The van der Waals surface area contributed by atoms with Crippen molar-refractivity contribution < 1.29 is 17.5 Å². The summed E-state index contributed by atoms with van der Waals surface area (Å²) in [5.74, 6) is -0.627. The number of aryl methyl sites for hydroxylation is 1. The number of methoxy groups -OCH3 is 1. The molecule has 0 saturated heterocycles. The molecule has 1 rings (SSSR count). The highest BCUT2D eigenvalue weighted by molar-refractivity contribution is 7.89. The van der Waals surface area contributed by atoms with Gasteiger partial charge in [-0.05, 0) is 24.6 Å². The number of benzene rings is 1. The van der Waals surface area contributed by atoms with Gasteiger partial charge in [-0.15, -0.1) is 0 Å². The summed E-state index contributed by atoms with van der Waals surface area (Å²) in [6.07, 6.45) is 0. The zero-order valence-corrected chi connectivity index (χ0v) is 10.5. The second kappa shape index (κ2) is 5.44. The fourth-order valence-electron chi connectivity index (χ4n) is 1.31. The van der Waals surface area contributed by atoms with Crippen LogP contribution < -0.4 is 10.5 Å². The number of ether oxygens (including phenoxy) is 1. The number of rotatable bonds is 5. The van der Waals surface area contributed by atoms with Crippen LogP contribution in [0.3, 0.4) is 0 Å². The lowest BCUT2D eigenvalue weighted by molar-refractivity contribution is 0.204. The van der Waals surface area contributed by atoms with E-state index >= 15 is 0 Å². The van der Waals surface area contributed by atoms with Gasteiger partial charge in [-0.3, -0.25) is 0 Å². The summed E-state index contributed by atoms with van der Waals surface area (Å²) in [7, 11) is -2.21. The second-order valence-electron chi connectivity index (χ2n) is 3.53. The van der Waals surface area contributed by atoms with Crippen molar-refractivity contribution in [3.05, 3.63) is 23.5 Å². The molecule has 1 aromatic rings. The Kier molecular flexibility index (Phi) is 4.44. The number of sulfonamides is 1. The SMILES string of the molecule is COCCNS(=O)(=O)c1cc(N)c(F)cc1C. The molecule has 0 unspecified atom stereocenters. The number of nitrogens with one attached hydrogen (secondary N) is 1. The quantitative estimate of drug-likeness (QED) is 0.602. The van der Waals surface area contributed by atoms with Crippen LogP contribution in [0.5, 0.6) is 0 Å². The number of anilines is 1. The molecular formula is C10H15FN2O3S. The molecular weight excluding hydrogens is 247 g/mol. The Hall–Kier alpha value is -1.18. The number of nitrogen functional groups attached to an aromatic ring is 1. The van der Waals surface area contributed by atoms with Crippen LogP contribution in [0.15, 0.2) is 17.0 Å². The zero-order valence-electron chi connectivity index (χ0n) is 9.66. The average molecular weight is 262 g/mol. The zero-order chi connectivity index (χ0) is 13.1. The van der Waals surface area contributed by atoms with Gasteiger partial charge in [0.25, 0.3) is 0 Å². The average Bonchev–Trinajstić information content (AvgIpc) is 2.23. The third-order valence-corrected chi connectivity index (χ3v) is 3.79. The first-order valence-corrected chi connectivity index (χ1v) is 6.41. The maximum absolute atomic E-state index is 13.1. The van der Waals surface area contributed by atoms with Crippen LogP contribution in [0.2, 0.25) is 0 Å². The molecule has 3 N–H and O–H groups in total. The lowest BCUT2D eigenvalue weighted by Crippen LogP contribution is -2.28. The highest BCUT2D eigenvalue weighted by Crippen LogP contribution is 2.21. The van der Waals surface area contributed by atoms with E-state index in [9.17, 15) is 12.8 Å². The first-order chi connectivity index (χ1) is 7.88. The minimum atomic E-state index is -3.68. The molecule has 17 heavy (non-hydrogen) atoms. The molecule has 1 aromatic carbocycles. The van der Waals surface area contributed by atoms with Gasteiger partial charge in [-0.1, -0.05) is 0 Å². The molecule has 0 atom stereocenters. The van der Waals surface area contributed by atoms with Gasteiger partial charge in [0.15, 0.2) is 0 Å². The fourth-order valence-corrected chi connectivity index (χ4v) is 2.59. The van der Waals surface area contributed by atoms with Crippen molar-refractivity contribution in [3.63, 3.8) is 0 Å². The second-order valence-corrected chi connectivity index (χ2v) is 5.27. The Balaban J connectivity index is 3.03. The molecule has 0 saturated carbocycles. The molecule has 0 aliphatic carbocycles. The molecule has 96 valence electrons. The summed E-state index contributed by atoms with van der Waals surface area (Å²) in [5.41, 5.74) is 5.46. The predicted octanol–water partition coefficient (Wildman–Crippen LogP) is 0.641. The molecule has 0 bridgehead atoms. The van der Waals surface area contributed by atoms with Crippen molar-refractivity contribution >= 4 is 15.7 Å². The Labute approximate surface area is 99.8 Å². The smallest absolute Gasteiger partial charge is 0.240 e. The van der Waals surface area contributed by atoms with Gasteiger partial charge in [0.05, 0.1) is 17.2 Å². The Morgan fingerprint density at radius 2 is 2.12 bits per heavy atom. The summed E-state index contributed by atoms with van der Waals surface area (Å²) in [4.78, 5) is -0.0208. The molecule has 0 aliphatic heterocycles. The highest BCUT2D eigenvalue weighted by atomic mass is 32.2. The van der Waals surface area contributed by atoms with Crippen molar-refractivity contribution in [2.45, 2.75) is 11.8 Å². The van der Waals surface area contributed by atoms with Crippen molar-refractivity contribution in [1.29, 1.82) is 0 Å². The minimum absolute atomic E-state index is 0.0208. The van der Waals surface area contributed by atoms with Gasteiger partial charge in [0.1, 0.15) is 5.82 Å². The van der Waals surface area contributed by atoms with Crippen molar-refractivity contribution in [2.75, 3.05) is 26.0 Å². The van der Waals surface area contributed by atoms with Crippen LogP contribution >= 0.6 is 0 Å². The van der Waals surface area contributed by atoms with Crippen LogP contribution in [0.1, 0.15) is 5.56 Å². The normalized spacial score (nSPS) is 11.7. The summed E-state index contributed by atoms with van der Waals surface area (Å²) in [5, 5.41) is 0. The topological polar surface area (TPSA) is 81.4 Å². The van der Waals surface area contributed by atoms with Crippen LogP contribution in [0.25, 0.3) is 0 Å². The first-order valence-electron chi connectivity index (χ1n) is 4.92. The minimum Gasteiger partial charge on any atom is -0.396 e. The molecule has 0 radical (unpaired) electrons. The largest absolute Gasteiger partial charge is 0.396 e. The Morgan fingerprint density at radius 3 is 2.71 bits per heavy atom. The van der Waals surface area contributed by atoms with Gasteiger partial charge in [0.2, 0.25) is 10.0 Å². The van der Waals surface area contributed by atoms with Gasteiger partial charge in [0, 0.05) is 13.7 Å². The maximum Gasteiger partial charge on any atom is 0.240 e. The van der Waals surface area contributed by atoms with E-state index in [1.54, 1.807) is 0 Å². The van der Waals surface area contributed by atoms with E-state index in [1.165, 1.54) is 14.0 Å². The summed E-state index contributed by atoms with van der Waals surface area (Å²) >= 11 is 0. The van der Waals surface area contributed by atoms with E-state index in [-0.39, 0.29) is 23.7 Å². The molecule has 0 amide bonds. The number of hydrogen-bond acceptors (Lipinski definition) is 4. The Bertz CT molecular complexity index is 503.